The van der Waals surface area contributed by atoms with E-state index in [0.29, 0.717) is 0 Å². The Bertz CT molecular complexity index is 329. The molecule has 0 atom stereocenters. The molecule has 10 heteroatoms. The molecule has 0 aliphatic rings. The van der Waals surface area contributed by atoms with Crippen molar-refractivity contribution >= 4 is 75.8 Å². The van der Waals surface area contributed by atoms with Crippen LogP contribution in [0.15, 0.2) is 0 Å². The van der Waals surface area contributed by atoms with Crippen molar-refractivity contribution in [1.29, 1.82) is 0 Å². The molecular formula is C27H57N3NiS6-6. The van der Waals surface area contributed by atoms with Crippen LogP contribution in [0.25, 0.3) is 0 Å². The zero-order valence-electron chi connectivity index (χ0n) is 24.6. The van der Waals surface area contributed by atoms with Crippen molar-refractivity contribution in [3.05, 3.63) is 0 Å². The predicted octanol–water partition coefficient (Wildman–Crippen LogP) is 6.80. The second kappa shape index (κ2) is 36.5. The fourth-order valence-corrected chi connectivity index (χ4v) is 4.40. The van der Waals surface area contributed by atoms with Gasteiger partial charge in [0.1, 0.15) is 0 Å². The fraction of sp³-hybridized carbons (Fsp3) is 1.00. The first kappa shape index (κ1) is 46.4. The molecule has 0 unspecified atom stereocenters. The van der Waals surface area contributed by atoms with Gasteiger partial charge in [0.15, 0.2) is 0 Å². The third kappa shape index (κ3) is 34.6. The van der Waals surface area contributed by atoms with Gasteiger partial charge in [-0.3, -0.25) is 0 Å². The summed E-state index contributed by atoms with van der Waals surface area (Å²) in [4.78, 5) is 6.66. The molecule has 0 heterocycles. The average molecular weight is 675 g/mol. The maximum atomic E-state index is 5.07. The SMILES string of the molecule is CCCCN(CCCC)C([S-])[S-].CCCCN(CCCC)C([S-])[S-].CCCCN(CCCC)C([S-])[S-].[Ni]. The van der Waals surface area contributed by atoms with Gasteiger partial charge in [0.05, 0.1) is 0 Å². The maximum absolute atomic E-state index is 5.07. The van der Waals surface area contributed by atoms with Gasteiger partial charge in [0.2, 0.25) is 0 Å². The molecule has 0 spiro atoms. The molecule has 0 aromatic carbocycles. The summed E-state index contributed by atoms with van der Waals surface area (Å²) in [5.74, 6) is 0. The molecule has 0 amide bonds. The van der Waals surface area contributed by atoms with E-state index in [2.05, 4.69) is 56.2 Å². The van der Waals surface area contributed by atoms with E-state index in [1.807, 2.05) is 0 Å². The molecule has 0 saturated heterocycles. The summed E-state index contributed by atoms with van der Waals surface area (Å²) in [6.45, 7) is 19.6. The Hall–Kier alpha value is 2.47. The maximum Gasteiger partial charge on any atom is 0 e. The van der Waals surface area contributed by atoms with Crippen molar-refractivity contribution in [3.8, 4) is 0 Å². The van der Waals surface area contributed by atoms with Crippen LogP contribution in [0.4, 0.5) is 0 Å². The molecule has 0 aromatic rings. The number of unbranched alkanes of at least 4 members (excludes halogenated alkanes) is 6. The first-order valence-corrected chi connectivity index (χ1v) is 17.2. The summed E-state index contributed by atoms with van der Waals surface area (Å²) in [5, 5.41) is 0. The molecule has 0 fully saturated rings. The molecular weight excluding hydrogens is 617 g/mol. The summed E-state index contributed by atoms with van der Waals surface area (Å²) in [5.41, 5.74) is 0. The summed E-state index contributed by atoms with van der Waals surface area (Å²) in [6.07, 6.45) is 14.6. The molecule has 0 saturated carbocycles. The fourth-order valence-electron chi connectivity index (χ4n) is 3.14. The Morgan fingerprint density at radius 3 is 0.568 bits per heavy atom. The third-order valence-electron chi connectivity index (χ3n) is 5.69. The van der Waals surface area contributed by atoms with E-state index in [-0.39, 0.29) is 30.6 Å². The average Bonchev–Trinajstić information content (AvgIpc) is 2.84. The van der Waals surface area contributed by atoms with Gasteiger partial charge in [-0.25, -0.2) is 14.1 Å². The Kier molecular flexibility index (Phi) is 45.8. The van der Waals surface area contributed by atoms with Gasteiger partial charge >= 0.3 is 0 Å². The summed E-state index contributed by atoms with van der Waals surface area (Å²) < 4.78 is -0.325. The molecule has 0 aromatic heterocycles. The minimum Gasteiger partial charge on any atom is -0.800 e. The molecule has 37 heavy (non-hydrogen) atoms. The molecule has 0 N–H and O–H groups in total. The van der Waals surface area contributed by atoms with E-state index in [1.165, 1.54) is 77.0 Å². The van der Waals surface area contributed by atoms with Crippen LogP contribution in [0.5, 0.6) is 0 Å². The number of hydrogen-bond donors (Lipinski definition) is 0. The van der Waals surface area contributed by atoms with Crippen LogP contribution >= 0.6 is 0 Å². The Balaban J connectivity index is -0.000000218. The van der Waals surface area contributed by atoms with Crippen molar-refractivity contribution in [2.75, 3.05) is 39.3 Å². The molecule has 232 valence electrons. The van der Waals surface area contributed by atoms with E-state index < -0.39 is 0 Å². The van der Waals surface area contributed by atoms with Crippen molar-refractivity contribution in [2.45, 2.75) is 133 Å². The smallest absolute Gasteiger partial charge is 0 e. The van der Waals surface area contributed by atoms with Gasteiger partial charge in [0, 0.05) is 16.5 Å². The van der Waals surface area contributed by atoms with E-state index in [0.717, 1.165) is 39.3 Å². The Morgan fingerprint density at radius 1 is 0.351 bits per heavy atom. The zero-order chi connectivity index (χ0) is 28.2. The zero-order valence-corrected chi connectivity index (χ0v) is 30.5. The minimum absolute atomic E-state index is 0. The van der Waals surface area contributed by atoms with Crippen LogP contribution in [0.3, 0.4) is 0 Å². The quantitative estimate of drug-likeness (QED) is 0.0954. The summed E-state index contributed by atoms with van der Waals surface area (Å²) >= 11 is 30.4. The van der Waals surface area contributed by atoms with Crippen LogP contribution in [0.1, 0.15) is 119 Å². The van der Waals surface area contributed by atoms with Gasteiger partial charge in [-0.05, 0) is 77.8 Å². The van der Waals surface area contributed by atoms with Crippen LogP contribution in [0, 0.1) is 0 Å². The van der Waals surface area contributed by atoms with Crippen LogP contribution < -0.4 is 0 Å². The molecule has 0 bridgehead atoms. The largest absolute Gasteiger partial charge is 0.800 e. The third-order valence-corrected chi connectivity index (χ3v) is 7.48. The van der Waals surface area contributed by atoms with Crippen molar-refractivity contribution < 1.29 is 16.5 Å². The van der Waals surface area contributed by atoms with Crippen molar-refractivity contribution in [3.63, 3.8) is 0 Å². The number of hydrogen-bond acceptors (Lipinski definition) is 9. The number of rotatable bonds is 21. The van der Waals surface area contributed by atoms with Crippen LogP contribution in [-0.4, -0.2) is 68.1 Å². The monoisotopic (exact) mass is 673 g/mol. The Labute approximate surface area is 276 Å². The molecule has 0 radical (unpaired) electrons. The van der Waals surface area contributed by atoms with E-state index in [9.17, 15) is 0 Å². The van der Waals surface area contributed by atoms with Gasteiger partial charge in [-0.2, -0.15) is 0 Å². The van der Waals surface area contributed by atoms with Crippen molar-refractivity contribution in [1.82, 2.24) is 14.7 Å². The summed E-state index contributed by atoms with van der Waals surface area (Å²) in [7, 11) is 0. The molecule has 0 aliphatic heterocycles. The van der Waals surface area contributed by atoms with Gasteiger partial charge in [-0.15, -0.1) is 0 Å². The second-order valence-corrected chi connectivity index (χ2v) is 12.7. The molecule has 3 nitrogen and oxygen atoms in total. The standard InChI is InChI=1S/3C9H21NS2.Ni/c3*1-3-5-7-10(9(11)12)8-6-4-2;/h3*9,11-12H,3-8H2,1-2H3;/p-6. The first-order chi connectivity index (χ1) is 17.2. The minimum atomic E-state index is -0.108. The Morgan fingerprint density at radius 2 is 0.486 bits per heavy atom. The predicted molar refractivity (Wildman–Crippen MR) is 180 cm³/mol. The van der Waals surface area contributed by atoms with Gasteiger partial charge in [-0.1, -0.05) is 80.1 Å². The first-order valence-electron chi connectivity index (χ1n) is 14.3. The topological polar surface area (TPSA) is 9.72 Å². The van der Waals surface area contributed by atoms with E-state index >= 15 is 0 Å². The van der Waals surface area contributed by atoms with Crippen LogP contribution in [-0.2, 0) is 92.3 Å². The second-order valence-electron chi connectivity index (χ2n) is 9.15. The normalized spacial score (nSPS) is 11.2. The molecule has 0 aliphatic carbocycles. The van der Waals surface area contributed by atoms with Gasteiger partial charge < -0.3 is 90.5 Å². The van der Waals surface area contributed by atoms with Crippen molar-refractivity contribution in [2.24, 2.45) is 0 Å². The van der Waals surface area contributed by atoms with E-state index in [1.54, 1.807) is 0 Å². The summed E-state index contributed by atoms with van der Waals surface area (Å²) in [6, 6.07) is 0. The van der Waals surface area contributed by atoms with E-state index in [4.69, 9.17) is 75.8 Å². The van der Waals surface area contributed by atoms with Gasteiger partial charge in [0.25, 0.3) is 0 Å². The molecule has 0 rings (SSSR count). The number of nitrogens with zero attached hydrogens (tertiary/aromatic N) is 3. The van der Waals surface area contributed by atoms with Crippen LogP contribution in [0.2, 0.25) is 0 Å².